The molecular weight excluding hydrogens is 362 g/mol. The van der Waals surface area contributed by atoms with E-state index in [1.807, 2.05) is 50.8 Å². The molecule has 1 aromatic carbocycles. The standard InChI is InChI=1S/C25H37NO3/c1-18(2)15-25(16-22(27)29-24(5,6)7)21(19(3)4)17-26(23(25)28)14-13-20-11-9-8-10-12-20/h8-12,18,21H,3,13-17H2,1-2,4-7H3. The summed E-state index contributed by atoms with van der Waals surface area (Å²) in [7, 11) is 0. The molecule has 0 saturated carbocycles. The molecule has 0 N–H and O–H groups in total. The third kappa shape index (κ3) is 5.94. The van der Waals surface area contributed by atoms with Crippen molar-refractivity contribution in [1.29, 1.82) is 0 Å². The van der Waals surface area contributed by atoms with E-state index in [0.29, 0.717) is 19.5 Å². The molecule has 1 aliphatic rings. The van der Waals surface area contributed by atoms with E-state index in [4.69, 9.17) is 4.74 Å². The summed E-state index contributed by atoms with van der Waals surface area (Å²) < 4.78 is 5.61. The second-order valence-corrected chi connectivity index (χ2v) is 9.90. The Kier molecular flexibility index (Phi) is 7.31. The van der Waals surface area contributed by atoms with Gasteiger partial charge in [-0.2, -0.15) is 0 Å². The molecule has 4 heteroatoms. The third-order valence-electron chi connectivity index (χ3n) is 5.54. The summed E-state index contributed by atoms with van der Waals surface area (Å²) >= 11 is 0. The van der Waals surface area contributed by atoms with Gasteiger partial charge in [-0.15, -0.1) is 0 Å². The van der Waals surface area contributed by atoms with Crippen LogP contribution >= 0.6 is 0 Å². The fourth-order valence-corrected chi connectivity index (χ4v) is 4.54. The molecular formula is C25H37NO3. The van der Waals surface area contributed by atoms with E-state index in [1.165, 1.54) is 5.56 Å². The van der Waals surface area contributed by atoms with Gasteiger partial charge in [-0.05, 0) is 52.0 Å². The Hall–Kier alpha value is -2.10. The summed E-state index contributed by atoms with van der Waals surface area (Å²) in [6, 6.07) is 10.2. The second-order valence-electron chi connectivity index (χ2n) is 9.90. The molecule has 0 aromatic heterocycles. The largest absolute Gasteiger partial charge is 0.460 e. The first-order valence-corrected chi connectivity index (χ1v) is 10.6. The lowest BCUT2D eigenvalue weighted by molar-refractivity contribution is -0.161. The second kappa shape index (κ2) is 9.15. The fourth-order valence-electron chi connectivity index (χ4n) is 4.54. The highest BCUT2D eigenvalue weighted by Crippen LogP contribution is 2.48. The minimum atomic E-state index is -0.765. The van der Waals surface area contributed by atoms with Crippen molar-refractivity contribution in [2.24, 2.45) is 17.3 Å². The highest BCUT2D eigenvalue weighted by molar-refractivity contribution is 5.90. The summed E-state index contributed by atoms with van der Waals surface area (Å²) in [4.78, 5) is 28.4. The number of amides is 1. The SMILES string of the molecule is C=C(C)C1CN(CCc2ccccc2)C(=O)C1(CC(=O)OC(C)(C)C)CC(C)C. The first-order chi connectivity index (χ1) is 13.4. The van der Waals surface area contributed by atoms with Crippen molar-refractivity contribution in [2.75, 3.05) is 13.1 Å². The van der Waals surface area contributed by atoms with E-state index in [9.17, 15) is 9.59 Å². The quantitative estimate of drug-likeness (QED) is 0.455. The van der Waals surface area contributed by atoms with Crippen molar-refractivity contribution in [3.05, 3.63) is 48.0 Å². The van der Waals surface area contributed by atoms with Gasteiger partial charge in [0.1, 0.15) is 5.60 Å². The lowest BCUT2D eigenvalue weighted by Gasteiger charge is -2.35. The third-order valence-corrected chi connectivity index (χ3v) is 5.54. The van der Waals surface area contributed by atoms with Crippen molar-refractivity contribution in [3.8, 4) is 0 Å². The van der Waals surface area contributed by atoms with Crippen molar-refractivity contribution >= 4 is 11.9 Å². The molecule has 4 nitrogen and oxygen atoms in total. The van der Waals surface area contributed by atoms with Crippen LogP contribution in [0.25, 0.3) is 0 Å². The molecule has 0 aliphatic carbocycles. The summed E-state index contributed by atoms with van der Waals surface area (Å²) in [5.74, 6) is 0.0154. The number of nitrogens with zero attached hydrogens (tertiary/aromatic N) is 1. The molecule has 1 amide bonds. The predicted molar refractivity (Wildman–Crippen MR) is 117 cm³/mol. The van der Waals surface area contributed by atoms with E-state index in [1.54, 1.807) is 0 Å². The van der Waals surface area contributed by atoms with Gasteiger partial charge in [0, 0.05) is 19.0 Å². The molecule has 1 aromatic rings. The number of rotatable bonds is 8. The smallest absolute Gasteiger partial charge is 0.307 e. The van der Waals surface area contributed by atoms with Crippen LogP contribution in [0, 0.1) is 17.3 Å². The van der Waals surface area contributed by atoms with E-state index < -0.39 is 11.0 Å². The van der Waals surface area contributed by atoms with Crippen LogP contribution in [0.1, 0.15) is 59.9 Å². The number of hydrogen-bond acceptors (Lipinski definition) is 3. The van der Waals surface area contributed by atoms with Crippen LogP contribution in [0.4, 0.5) is 0 Å². The van der Waals surface area contributed by atoms with Crippen LogP contribution in [0.15, 0.2) is 42.5 Å². The maximum Gasteiger partial charge on any atom is 0.307 e. The van der Waals surface area contributed by atoms with Gasteiger partial charge in [0.15, 0.2) is 0 Å². The summed E-state index contributed by atoms with van der Waals surface area (Å²) in [6.45, 7) is 17.2. The van der Waals surface area contributed by atoms with E-state index in [2.05, 4.69) is 32.6 Å². The van der Waals surface area contributed by atoms with E-state index >= 15 is 0 Å². The lowest BCUT2D eigenvalue weighted by Crippen LogP contribution is -2.41. The molecule has 29 heavy (non-hydrogen) atoms. The van der Waals surface area contributed by atoms with Crippen LogP contribution in [0.5, 0.6) is 0 Å². The first-order valence-electron chi connectivity index (χ1n) is 10.6. The molecule has 0 bridgehead atoms. The molecule has 2 unspecified atom stereocenters. The Morgan fingerprint density at radius 3 is 2.41 bits per heavy atom. The summed E-state index contributed by atoms with van der Waals surface area (Å²) in [5.41, 5.74) is 0.841. The molecule has 0 radical (unpaired) electrons. The molecule has 1 aliphatic heterocycles. The Morgan fingerprint density at radius 1 is 1.28 bits per heavy atom. The molecule has 2 atom stereocenters. The van der Waals surface area contributed by atoms with Crippen molar-refractivity contribution in [3.63, 3.8) is 0 Å². The van der Waals surface area contributed by atoms with Crippen LogP contribution in [-0.4, -0.2) is 35.5 Å². The van der Waals surface area contributed by atoms with Gasteiger partial charge in [-0.1, -0.05) is 56.3 Å². The minimum Gasteiger partial charge on any atom is -0.460 e. The number of carbonyl (C=O) groups is 2. The topological polar surface area (TPSA) is 46.6 Å². The van der Waals surface area contributed by atoms with Crippen LogP contribution in [0.2, 0.25) is 0 Å². The zero-order valence-corrected chi connectivity index (χ0v) is 19.0. The monoisotopic (exact) mass is 399 g/mol. The molecule has 1 heterocycles. The lowest BCUT2D eigenvalue weighted by atomic mass is 9.67. The van der Waals surface area contributed by atoms with Crippen LogP contribution in [-0.2, 0) is 20.7 Å². The van der Waals surface area contributed by atoms with E-state index in [0.717, 1.165) is 12.0 Å². The van der Waals surface area contributed by atoms with Crippen LogP contribution in [0.3, 0.4) is 0 Å². The predicted octanol–water partition coefficient (Wildman–Crippen LogP) is 5.03. The zero-order valence-electron chi connectivity index (χ0n) is 19.0. The normalized spacial score (nSPS) is 22.2. The van der Waals surface area contributed by atoms with Gasteiger partial charge in [-0.25, -0.2) is 0 Å². The Balaban J connectivity index is 2.28. The average Bonchev–Trinajstić information content (AvgIpc) is 2.84. The Morgan fingerprint density at radius 2 is 1.90 bits per heavy atom. The minimum absolute atomic E-state index is 0.0410. The number of likely N-dealkylation sites (tertiary alicyclic amines) is 1. The van der Waals surface area contributed by atoms with Crippen molar-refractivity contribution in [2.45, 2.75) is 66.4 Å². The fraction of sp³-hybridized carbons (Fsp3) is 0.600. The highest BCUT2D eigenvalue weighted by atomic mass is 16.6. The first kappa shape index (κ1) is 23.2. The maximum atomic E-state index is 13.7. The van der Waals surface area contributed by atoms with Gasteiger partial charge in [0.25, 0.3) is 0 Å². The van der Waals surface area contributed by atoms with Crippen molar-refractivity contribution < 1.29 is 14.3 Å². The van der Waals surface area contributed by atoms with Gasteiger partial charge in [-0.3, -0.25) is 9.59 Å². The number of benzene rings is 1. The Bertz CT molecular complexity index is 732. The zero-order chi connectivity index (χ0) is 21.8. The molecule has 160 valence electrons. The van der Waals surface area contributed by atoms with Crippen LogP contribution < -0.4 is 0 Å². The van der Waals surface area contributed by atoms with Gasteiger partial charge in [0.2, 0.25) is 5.91 Å². The molecule has 2 rings (SSSR count). The number of hydrogen-bond donors (Lipinski definition) is 0. The maximum absolute atomic E-state index is 13.7. The van der Waals surface area contributed by atoms with Crippen molar-refractivity contribution in [1.82, 2.24) is 4.90 Å². The molecule has 1 fully saturated rings. The van der Waals surface area contributed by atoms with Gasteiger partial charge in [0.05, 0.1) is 11.8 Å². The summed E-state index contributed by atoms with van der Waals surface area (Å²) in [6.07, 6.45) is 1.57. The van der Waals surface area contributed by atoms with Gasteiger partial charge >= 0.3 is 5.97 Å². The average molecular weight is 400 g/mol. The molecule has 0 spiro atoms. The number of carbonyl (C=O) groups excluding carboxylic acids is 2. The Labute approximate surface area is 176 Å². The highest BCUT2D eigenvalue weighted by Gasteiger charge is 2.55. The summed E-state index contributed by atoms with van der Waals surface area (Å²) in [5, 5.41) is 0. The van der Waals surface area contributed by atoms with E-state index in [-0.39, 0.29) is 30.1 Å². The number of esters is 1. The van der Waals surface area contributed by atoms with Gasteiger partial charge < -0.3 is 9.64 Å². The number of ether oxygens (including phenoxy) is 1. The molecule has 1 saturated heterocycles.